The van der Waals surface area contributed by atoms with Gasteiger partial charge in [0.15, 0.2) is 0 Å². The lowest BCUT2D eigenvalue weighted by molar-refractivity contribution is -0.116. The summed E-state index contributed by atoms with van der Waals surface area (Å²) in [4.78, 5) is 13.5. The molecule has 1 aliphatic rings. The first kappa shape index (κ1) is 17.9. The predicted molar refractivity (Wildman–Crippen MR) is 98.4 cm³/mol. The van der Waals surface area contributed by atoms with Crippen molar-refractivity contribution in [1.82, 2.24) is 4.72 Å². The monoisotopic (exact) mass is 378 g/mol. The smallest absolute Gasteiger partial charge is 0.241 e. The second-order valence-electron chi connectivity index (χ2n) is 6.11. The number of sulfonamides is 1. The van der Waals surface area contributed by atoms with E-state index in [2.05, 4.69) is 4.72 Å². The molecule has 0 radical (unpaired) electrons. The molecule has 0 saturated carbocycles. The van der Waals surface area contributed by atoms with Crippen LogP contribution >= 0.6 is 11.6 Å². The summed E-state index contributed by atoms with van der Waals surface area (Å²) in [7, 11) is -3.66. The van der Waals surface area contributed by atoms with E-state index < -0.39 is 10.0 Å². The first-order valence-corrected chi connectivity index (χ1v) is 9.83. The molecule has 5 nitrogen and oxygen atoms in total. The summed E-state index contributed by atoms with van der Waals surface area (Å²) in [6.07, 6.45) is 0.658. The maximum atomic E-state index is 12.7. The lowest BCUT2D eigenvalue weighted by atomic mass is 10.1. The number of nitrogens with one attached hydrogen (secondary N) is 1. The maximum Gasteiger partial charge on any atom is 0.241 e. The van der Waals surface area contributed by atoms with Gasteiger partial charge in [0, 0.05) is 30.2 Å². The molecule has 1 amide bonds. The van der Waals surface area contributed by atoms with E-state index in [1.165, 1.54) is 13.0 Å². The van der Waals surface area contributed by atoms with Gasteiger partial charge in [0.05, 0.1) is 4.90 Å². The van der Waals surface area contributed by atoms with Crippen LogP contribution in [0.2, 0.25) is 5.02 Å². The molecule has 0 fully saturated rings. The van der Waals surface area contributed by atoms with Crippen LogP contribution in [0.25, 0.3) is 0 Å². The maximum absolute atomic E-state index is 12.7. The van der Waals surface area contributed by atoms with Crippen molar-refractivity contribution >= 4 is 33.2 Å². The zero-order valence-electron chi connectivity index (χ0n) is 14.0. The lowest BCUT2D eigenvalue weighted by Crippen LogP contribution is -2.27. The molecule has 1 unspecified atom stereocenters. The number of nitrogens with zero attached hydrogens (tertiary/aromatic N) is 1. The van der Waals surface area contributed by atoms with Crippen LogP contribution in [0, 0.1) is 0 Å². The first-order chi connectivity index (χ1) is 11.8. The van der Waals surface area contributed by atoms with Gasteiger partial charge in [-0.1, -0.05) is 23.7 Å². The minimum absolute atomic E-state index is 0.0381. The Labute approximate surface area is 152 Å². The van der Waals surface area contributed by atoms with E-state index >= 15 is 0 Å². The fourth-order valence-corrected chi connectivity index (χ4v) is 4.40. The van der Waals surface area contributed by atoms with E-state index in [-0.39, 0.29) is 16.8 Å². The fraction of sp³-hybridized carbons (Fsp3) is 0.278. The topological polar surface area (TPSA) is 66.5 Å². The van der Waals surface area contributed by atoms with Crippen molar-refractivity contribution in [2.45, 2.75) is 31.2 Å². The summed E-state index contributed by atoms with van der Waals surface area (Å²) in [5, 5.41) is 0.604. The number of carbonyl (C=O) groups is 1. The molecule has 25 heavy (non-hydrogen) atoms. The molecule has 0 aliphatic carbocycles. The van der Waals surface area contributed by atoms with Crippen molar-refractivity contribution in [3.8, 4) is 0 Å². The van der Waals surface area contributed by atoms with Gasteiger partial charge in [-0.15, -0.1) is 0 Å². The molecule has 2 aromatic carbocycles. The van der Waals surface area contributed by atoms with Crippen molar-refractivity contribution in [3.05, 3.63) is 58.6 Å². The first-order valence-electron chi connectivity index (χ1n) is 7.97. The van der Waals surface area contributed by atoms with Gasteiger partial charge in [-0.2, -0.15) is 0 Å². The number of amides is 1. The molecular formula is C18H19ClN2O3S. The second kappa shape index (κ2) is 6.78. The van der Waals surface area contributed by atoms with E-state index in [9.17, 15) is 13.2 Å². The Bertz CT molecular complexity index is 910. The minimum atomic E-state index is -3.66. The molecule has 0 saturated heterocycles. The molecule has 1 N–H and O–H groups in total. The normalized spacial score (nSPS) is 15.1. The molecular weight excluding hydrogens is 360 g/mol. The molecule has 3 rings (SSSR count). The fourth-order valence-electron chi connectivity index (χ4n) is 2.99. The number of hydrogen-bond donors (Lipinski definition) is 1. The van der Waals surface area contributed by atoms with Crippen LogP contribution in [-0.2, 0) is 21.2 Å². The van der Waals surface area contributed by atoms with Gasteiger partial charge in [-0.05, 0) is 54.8 Å². The lowest BCUT2D eigenvalue weighted by Gasteiger charge is -2.17. The molecule has 0 spiro atoms. The summed E-state index contributed by atoms with van der Waals surface area (Å²) in [6.45, 7) is 3.88. The van der Waals surface area contributed by atoms with Crippen LogP contribution in [0.3, 0.4) is 0 Å². The quantitative estimate of drug-likeness (QED) is 0.887. The Morgan fingerprint density at radius 3 is 2.52 bits per heavy atom. The Balaban J connectivity index is 1.83. The second-order valence-corrected chi connectivity index (χ2v) is 8.26. The van der Waals surface area contributed by atoms with Crippen LogP contribution in [0.1, 0.15) is 31.0 Å². The van der Waals surface area contributed by atoms with Gasteiger partial charge in [-0.3, -0.25) is 4.79 Å². The van der Waals surface area contributed by atoms with Crippen molar-refractivity contribution in [1.29, 1.82) is 0 Å². The average molecular weight is 379 g/mol. The third-order valence-corrected chi connectivity index (χ3v) is 6.13. The van der Waals surface area contributed by atoms with Crippen LogP contribution < -0.4 is 9.62 Å². The van der Waals surface area contributed by atoms with Crippen molar-refractivity contribution in [2.24, 2.45) is 0 Å². The third-order valence-electron chi connectivity index (χ3n) is 4.34. The summed E-state index contributed by atoms with van der Waals surface area (Å²) in [5.74, 6) is -0.0381. The average Bonchev–Trinajstić information content (AvgIpc) is 2.98. The predicted octanol–water partition coefficient (Wildman–Crippen LogP) is 3.29. The van der Waals surface area contributed by atoms with E-state index in [1.54, 1.807) is 48.2 Å². The Morgan fingerprint density at radius 1 is 1.20 bits per heavy atom. The third kappa shape index (κ3) is 3.71. The van der Waals surface area contributed by atoms with Gasteiger partial charge < -0.3 is 4.90 Å². The van der Waals surface area contributed by atoms with E-state index in [0.29, 0.717) is 18.0 Å². The highest BCUT2D eigenvalue weighted by molar-refractivity contribution is 7.89. The number of halogens is 1. The van der Waals surface area contributed by atoms with Gasteiger partial charge in [0.2, 0.25) is 15.9 Å². The van der Waals surface area contributed by atoms with Gasteiger partial charge in [0.25, 0.3) is 0 Å². The summed E-state index contributed by atoms with van der Waals surface area (Å²) >= 11 is 5.87. The summed E-state index contributed by atoms with van der Waals surface area (Å²) in [5.41, 5.74) is 2.49. The zero-order valence-corrected chi connectivity index (χ0v) is 15.6. The molecule has 0 bridgehead atoms. The number of hydrogen-bond acceptors (Lipinski definition) is 3. The van der Waals surface area contributed by atoms with Crippen LogP contribution in [0.4, 0.5) is 5.69 Å². The summed E-state index contributed by atoms with van der Waals surface area (Å²) in [6, 6.07) is 11.5. The number of benzene rings is 2. The molecule has 2 aromatic rings. The van der Waals surface area contributed by atoms with Crippen LogP contribution in [0.5, 0.6) is 0 Å². The van der Waals surface area contributed by atoms with Crippen LogP contribution in [-0.4, -0.2) is 20.9 Å². The van der Waals surface area contributed by atoms with Gasteiger partial charge >= 0.3 is 0 Å². The SMILES string of the molecule is CC(=O)N1CCc2cc(S(=O)(=O)NC(C)c3ccc(Cl)cc3)ccc21. The molecule has 7 heteroatoms. The van der Waals surface area contributed by atoms with Gasteiger partial charge in [-0.25, -0.2) is 13.1 Å². The highest BCUT2D eigenvalue weighted by atomic mass is 35.5. The zero-order chi connectivity index (χ0) is 18.2. The molecule has 0 aromatic heterocycles. The Kier molecular flexibility index (Phi) is 4.86. The Hall–Kier alpha value is -1.89. The highest BCUT2D eigenvalue weighted by Crippen LogP contribution is 2.30. The van der Waals surface area contributed by atoms with Crippen molar-refractivity contribution in [3.63, 3.8) is 0 Å². The van der Waals surface area contributed by atoms with Crippen molar-refractivity contribution in [2.75, 3.05) is 11.4 Å². The highest BCUT2D eigenvalue weighted by Gasteiger charge is 2.25. The minimum Gasteiger partial charge on any atom is -0.312 e. The molecule has 132 valence electrons. The standard InChI is InChI=1S/C18H19ClN2O3S/c1-12(14-3-5-16(19)6-4-14)20-25(23,24)17-7-8-18-15(11-17)9-10-21(18)13(2)22/h3-8,11-12,20H,9-10H2,1-2H3. The Morgan fingerprint density at radius 2 is 1.88 bits per heavy atom. The molecule has 1 aliphatic heterocycles. The van der Waals surface area contributed by atoms with Crippen molar-refractivity contribution < 1.29 is 13.2 Å². The number of carbonyl (C=O) groups excluding carboxylic acids is 1. The number of anilines is 1. The van der Waals surface area contributed by atoms with Crippen LogP contribution in [0.15, 0.2) is 47.4 Å². The largest absolute Gasteiger partial charge is 0.312 e. The van der Waals surface area contributed by atoms with E-state index in [0.717, 1.165) is 16.8 Å². The van der Waals surface area contributed by atoms with Gasteiger partial charge in [0.1, 0.15) is 0 Å². The molecule has 1 heterocycles. The van der Waals surface area contributed by atoms with E-state index in [4.69, 9.17) is 11.6 Å². The number of rotatable bonds is 4. The van der Waals surface area contributed by atoms with E-state index in [1.807, 2.05) is 0 Å². The molecule has 1 atom stereocenters. The number of fused-ring (bicyclic) bond motifs is 1. The summed E-state index contributed by atoms with van der Waals surface area (Å²) < 4.78 is 28.0.